The Bertz CT molecular complexity index is 739. The lowest BCUT2D eigenvalue weighted by Gasteiger charge is -2.30. The molecule has 0 bridgehead atoms. The van der Waals surface area contributed by atoms with Crippen molar-refractivity contribution in [3.63, 3.8) is 0 Å². The minimum absolute atomic E-state index is 0.115. The smallest absolute Gasteiger partial charge is 0.264 e. The molecule has 3 amide bonds. The predicted octanol–water partition coefficient (Wildman–Crippen LogP) is 1.38. The highest BCUT2D eigenvalue weighted by atomic mass is 16.5. The van der Waals surface area contributed by atoms with E-state index in [1.165, 1.54) is 0 Å². The van der Waals surface area contributed by atoms with Crippen LogP contribution >= 0.6 is 0 Å². The maximum absolute atomic E-state index is 12.7. The number of nitrogen functional groups attached to an aromatic ring is 1. The zero-order valence-corrected chi connectivity index (χ0v) is 12.9. The number of nitrogens with two attached hydrogens (primary N) is 1. The van der Waals surface area contributed by atoms with Gasteiger partial charge in [-0.05, 0) is 32.4 Å². The van der Waals surface area contributed by atoms with E-state index < -0.39 is 17.9 Å². The summed E-state index contributed by atoms with van der Waals surface area (Å²) in [4.78, 5) is 41.9. The highest BCUT2D eigenvalue weighted by Crippen LogP contribution is 2.31. The van der Waals surface area contributed by atoms with E-state index in [9.17, 15) is 14.4 Å². The van der Waals surface area contributed by atoms with Crippen molar-refractivity contribution >= 4 is 29.3 Å². The number of hydrogen-bond acceptors (Lipinski definition) is 5. The molecule has 23 heavy (non-hydrogen) atoms. The Morgan fingerprint density at radius 2 is 2.00 bits per heavy atom. The molecule has 0 saturated heterocycles. The molecule has 2 aliphatic rings. The van der Waals surface area contributed by atoms with E-state index in [2.05, 4.69) is 4.99 Å². The number of carbonyl (C=O) groups is 3. The number of fused-ring (bicyclic) bond motifs is 1. The van der Waals surface area contributed by atoms with E-state index in [4.69, 9.17) is 10.5 Å². The second-order valence-electron chi connectivity index (χ2n) is 5.81. The number of carbonyl (C=O) groups excluding carboxylic acids is 3. The third-order valence-corrected chi connectivity index (χ3v) is 3.80. The zero-order chi connectivity index (χ0) is 16.7. The molecule has 1 unspecified atom stereocenters. The molecule has 2 aliphatic heterocycles. The van der Waals surface area contributed by atoms with Crippen LogP contribution < -0.4 is 5.73 Å². The standard InChI is InChI=1S/C16H17N3O4/c1-8(2)23-14-11(6-7-12(20)18-14)19-15(21)9-4-3-5-10(17)13(9)16(19)22/h3-5,8,11H,6-7,17H2,1-2H3. The predicted molar refractivity (Wildman–Crippen MR) is 83.0 cm³/mol. The van der Waals surface area contributed by atoms with Gasteiger partial charge in [-0.25, -0.2) is 0 Å². The van der Waals surface area contributed by atoms with Crippen LogP contribution in [0.2, 0.25) is 0 Å². The van der Waals surface area contributed by atoms with Gasteiger partial charge in [0.2, 0.25) is 11.8 Å². The molecule has 2 heterocycles. The topological polar surface area (TPSA) is 102 Å². The number of ether oxygens (including phenoxy) is 1. The largest absolute Gasteiger partial charge is 0.476 e. The average molecular weight is 315 g/mol. The van der Waals surface area contributed by atoms with E-state index >= 15 is 0 Å². The van der Waals surface area contributed by atoms with Gasteiger partial charge in [-0.15, -0.1) is 0 Å². The molecule has 3 rings (SSSR count). The third-order valence-electron chi connectivity index (χ3n) is 3.80. The summed E-state index contributed by atoms with van der Waals surface area (Å²) >= 11 is 0. The maximum atomic E-state index is 12.7. The van der Waals surface area contributed by atoms with Gasteiger partial charge in [0, 0.05) is 12.1 Å². The molecular weight excluding hydrogens is 298 g/mol. The summed E-state index contributed by atoms with van der Waals surface area (Å²) in [5, 5.41) is 0. The number of amides is 3. The summed E-state index contributed by atoms with van der Waals surface area (Å²) < 4.78 is 5.56. The van der Waals surface area contributed by atoms with Gasteiger partial charge in [0.1, 0.15) is 6.04 Å². The monoisotopic (exact) mass is 315 g/mol. The molecule has 1 atom stereocenters. The number of anilines is 1. The summed E-state index contributed by atoms with van der Waals surface area (Å²) in [6, 6.07) is 4.10. The van der Waals surface area contributed by atoms with Crippen molar-refractivity contribution < 1.29 is 19.1 Å². The van der Waals surface area contributed by atoms with E-state index in [1.807, 2.05) is 0 Å². The molecule has 7 heteroatoms. The summed E-state index contributed by atoms with van der Waals surface area (Å²) in [5.41, 5.74) is 6.58. The molecule has 1 aromatic rings. The van der Waals surface area contributed by atoms with Crippen LogP contribution in [-0.4, -0.2) is 40.7 Å². The fourth-order valence-corrected chi connectivity index (χ4v) is 2.84. The van der Waals surface area contributed by atoms with E-state index in [0.29, 0.717) is 6.42 Å². The first-order chi connectivity index (χ1) is 10.9. The molecule has 0 fully saturated rings. The maximum Gasteiger partial charge on any atom is 0.264 e. The fraction of sp³-hybridized carbons (Fsp3) is 0.375. The first kappa shape index (κ1) is 15.2. The fourth-order valence-electron chi connectivity index (χ4n) is 2.84. The second kappa shape index (κ2) is 5.49. The van der Waals surface area contributed by atoms with Crippen molar-refractivity contribution in [1.29, 1.82) is 0 Å². The molecular formula is C16H17N3O4. The average Bonchev–Trinajstić information content (AvgIpc) is 2.72. The Hall–Kier alpha value is -2.70. The van der Waals surface area contributed by atoms with Crippen molar-refractivity contribution in [2.24, 2.45) is 4.99 Å². The van der Waals surface area contributed by atoms with E-state index in [-0.39, 0.29) is 41.1 Å². The summed E-state index contributed by atoms with van der Waals surface area (Å²) in [7, 11) is 0. The Balaban J connectivity index is 2.00. The lowest BCUT2D eigenvalue weighted by Crippen LogP contribution is -2.48. The quantitative estimate of drug-likeness (QED) is 0.656. The molecule has 0 radical (unpaired) electrons. The SMILES string of the molecule is CC(C)OC1=NC(=O)CCC1N1C(=O)c2cccc(N)c2C1=O. The number of rotatable bonds is 2. The first-order valence-corrected chi connectivity index (χ1v) is 7.44. The summed E-state index contributed by atoms with van der Waals surface area (Å²) in [6.45, 7) is 3.58. The Labute approximate surface area is 133 Å². The van der Waals surface area contributed by atoms with Gasteiger partial charge in [0.25, 0.3) is 11.8 Å². The molecule has 7 nitrogen and oxygen atoms in total. The van der Waals surface area contributed by atoms with Gasteiger partial charge < -0.3 is 10.5 Å². The highest BCUT2D eigenvalue weighted by Gasteiger charge is 2.44. The van der Waals surface area contributed by atoms with Crippen molar-refractivity contribution in [2.75, 3.05) is 5.73 Å². The minimum atomic E-state index is -0.679. The zero-order valence-electron chi connectivity index (χ0n) is 12.9. The number of benzene rings is 1. The molecule has 0 spiro atoms. The number of nitrogens with zero attached hydrogens (tertiary/aromatic N) is 2. The van der Waals surface area contributed by atoms with Crippen LogP contribution in [0.1, 0.15) is 47.4 Å². The van der Waals surface area contributed by atoms with Gasteiger partial charge in [-0.3, -0.25) is 19.3 Å². The Morgan fingerprint density at radius 1 is 1.26 bits per heavy atom. The summed E-state index contributed by atoms with van der Waals surface area (Å²) in [6.07, 6.45) is 0.247. The van der Waals surface area contributed by atoms with E-state index in [0.717, 1.165) is 4.90 Å². The van der Waals surface area contributed by atoms with Crippen molar-refractivity contribution in [3.8, 4) is 0 Å². The lowest BCUT2D eigenvalue weighted by molar-refractivity contribution is -0.118. The molecule has 0 aliphatic carbocycles. The second-order valence-corrected chi connectivity index (χ2v) is 5.81. The highest BCUT2D eigenvalue weighted by molar-refractivity contribution is 6.25. The number of hydrogen-bond donors (Lipinski definition) is 1. The van der Waals surface area contributed by atoms with E-state index in [1.54, 1.807) is 32.0 Å². The molecule has 2 N–H and O–H groups in total. The summed E-state index contributed by atoms with van der Waals surface area (Å²) in [5.74, 6) is -1.10. The van der Waals surface area contributed by atoms with Crippen LogP contribution in [0.25, 0.3) is 0 Å². The van der Waals surface area contributed by atoms with Crippen molar-refractivity contribution in [1.82, 2.24) is 4.90 Å². The van der Waals surface area contributed by atoms with Crippen molar-refractivity contribution in [3.05, 3.63) is 29.3 Å². The van der Waals surface area contributed by atoms with Crippen molar-refractivity contribution in [2.45, 2.75) is 38.8 Å². The van der Waals surface area contributed by atoms with Gasteiger partial charge in [0.05, 0.1) is 17.2 Å². The number of imide groups is 1. The van der Waals surface area contributed by atoms with Crippen LogP contribution in [0.4, 0.5) is 5.69 Å². The van der Waals surface area contributed by atoms with Crippen LogP contribution in [0.15, 0.2) is 23.2 Å². The normalized spacial score (nSPS) is 20.8. The number of aliphatic imine (C=N–C) groups is 1. The van der Waals surface area contributed by atoms with Gasteiger partial charge in [-0.1, -0.05) is 6.07 Å². The minimum Gasteiger partial charge on any atom is -0.476 e. The van der Waals surface area contributed by atoms with Crippen LogP contribution in [0, 0.1) is 0 Å². The van der Waals surface area contributed by atoms with Gasteiger partial charge in [-0.2, -0.15) is 4.99 Å². The molecule has 120 valence electrons. The molecule has 0 aromatic heterocycles. The van der Waals surface area contributed by atoms with Gasteiger partial charge in [0.15, 0.2) is 0 Å². The Kier molecular flexibility index (Phi) is 3.63. The van der Waals surface area contributed by atoms with Crippen LogP contribution in [0.3, 0.4) is 0 Å². The Morgan fingerprint density at radius 3 is 2.65 bits per heavy atom. The van der Waals surface area contributed by atoms with Crippen LogP contribution in [-0.2, 0) is 9.53 Å². The first-order valence-electron chi connectivity index (χ1n) is 7.44. The molecule has 1 aromatic carbocycles. The molecule has 0 saturated carbocycles. The lowest BCUT2D eigenvalue weighted by atomic mass is 10.1. The van der Waals surface area contributed by atoms with Gasteiger partial charge >= 0.3 is 0 Å². The third kappa shape index (κ3) is 2.48. The van der Waals surface area contributed by atoms with Crippen LogP contribution in [0.5, 0.6) is 0 Å².